The summed E-state index contributed by atoms with van der Waals surface area (Å²) in [7, 11) is 0. The number of hydrogen-bond acceptors (Lipinski definition) is 4. The maximum absolute atomic E-state index is 13.9. The lowest BCUT2D eigenvalue weighted by molar-refractivity contribution is 0.0734. The number of carbonyl (C=O) groups is 1. The van der Waals surface area contributed by atoms with E-state index < -0.39 is 5.82 Å². The molecule has 0 bridgehead atoms. The molecule has 1 aliphatic heterocycles. The van der Waals surface area contributed by atoms with Crippen LogP contribution in [0.5, 0.6) is 0 Å². The zero-order chi connectivity index (χ0) is 18.4. The summed E-state index contributed by atoms with van der Waals surface area (Å²) in [6.45, 7) is 1.04. The highest BCUT2D eigenvalue weighted by Gasteiger charge is 2.27. The average molecular weight is 362 g/mol. The molecule has 4 aromatic rings. The molecule has 1 aliphatic rings. The maximum Gasteiger partial charge on any atom is 0.256 e. The summed E-state index contributed by atoms with van der Waals surface area (Å²) < 4.78 is 15.2. The van der Waals surface area contributed by atoms with Crippen molar-refractivity contribution in [3.8, 4) is 5.69 Å². The number of hydrogen-bond donors (Lipinski definition) is 1. The van der Waals surface area contributed by atoms with Crippen molar-refractivity contribution in [1.82, 2.24) is 30.1 Å². The van der Waals surface area contributed by atoms with Crippen LogP contribution in [-0.4, -0.2) is 42.5 Å². The molecule has 0 saturated carbocycles. The Hall–Kier alpha value is -3.55. The summed E-state index contributed by atoms with van der Waals surface area (Å²) in [6, 6.07) is 12.1. The Balaban J connectivity index is 1.53. The minimum atomic E-state index is -0.472. The molecular formula is C19H15FN6O. The molecule has 0 atom stereocenters. The fourth-order valence-corrected chi connectivity index (χ4v) is 3.66. The van der Waals surface area contributed by atoms with Crippen LogP contribution in [0, 0.1) is 5.82 Å². The number of nitrogens with one attached hydrogen (secondary N) is 1. The average Bonchev–Trinajstić information content (AvgIpc) is 3.34. The lowest BCUT2D eigenvalue weighted by Gasteiger charge is -2.28. The molecule has 0 fully saturated rings. The van der Waals surface area contributed by atoms with Crippen LogP contribution in [0.2, 0.25) is 0 Å². The van der Waals surface area contributed by atoms with Crippen molar-refractivity contribution >= 4 is 16.8 Å². The van der Waals surface area contributed by atoms with Gasteiger partial charge in [-0.2, -0.15) is 4.68 Å². The van der Waals surface area contributed by atoms with Crippen molar-refractivity contribution in [2.45, 2.75) is 13.0 Å². The number of carbonyl (C=O) groups excluding carboxylic acids is 1. The van der Waals surface area contributed by atoms with Crippen LogP contribution < -0.4 is 0 Å². The summed E-state index contributed by atoms with van der Waals surface area (Å²) in [5.74, 6) is -0.712. The molecule has 0 radical (unpaired) electrons. The van der Waals surface area contributed by atoms with Gasteiger partial charge in [0.1, 0.15) is 12.1 Å². The largest absolute Gasteiger partial charge is 0.358 e. The van der Waals surface area contributed by atoms with Crippen molar-refractivity contribution in [3.63, 3.8) is 0 Å². The van der Waals surface area contributed by atoms with E-state index >= 15 is 0 Å². The molecule has 7 nitrogen and oxygen atoms in total. The van der Waals surface area contributed by atoms with E-state index in [9.17, 15) is 9.18 Å². The second-order valence-electron chi connectivity index (χ2n) is 6.52. The van der Waals surface area contributed by atoms with Gasteiger partial charge in [-0.3, -0.25) is 4.79 Å². The molecule has 0 unspecified atom stereocenters. The Kier molecular flexibility index (Phi) is 3.49. The molecule has 0 aliphatic carbocycles. The van der Waals surface area contributed by atoms with Gasteiger partial charge in [0, 0.05) is 41.7 Å². The molecule has 134 valence electrons. The van der Waals surface area contributed by atoms with E-state index in [2.05, 4.69) is 20.5 Å². The predicted molar refractivity (Wildman–Crippen MR) is 95.9 cm³/mol. The van der Waals surface area contributed by atoms with E-state index in [-0.39, 0.29) is 11.5 Å². The highest BCUT2D eigenvalue weighted by molar-refractivity contribution is 5.98. The quantitative estimate of drug-likeness (QED) is 0.594. The van der Waals surface area contributed by atoms with Gasteiger partial charge < -0.3 is 9.88 Å². The molecule has 1 amide bonds. The first-order chi connectivity index (χ1) is 13.2. The highest BCUT2D eigenvalue weighted by Crippen LogP contribution is 2.29. The number of halogens is 1. The summed E-state index contributed by atoms with van der Waals surface area (Å²) in [6.07, 6.45) is 2.11. The molecule has 2 aromatic carbocycles. The van der Waals surface area contributed by atoms with Crippen molar-refractivity contribution in [1.29, 1.82) is 0 Å². The molecule has 27 heavy (non-hydrogen) atoms. The number of fused-ring (bicyclic) bond motifs is 3. The van der Waals surface area contributed by atoms with E-state index in [4.69, 9.17) is 0 Å². The van der Waals surface area contributed by atoms with Gasteiger partial charge in [0.15, 0.2) is 0 Å². The van der Waals surface area contributed by atoms with Crippen LogP contribution in [0.1, 0.15) is 21.6 Å². The Morgan fingerprint density at radius 1 is 1.19 bits per heavy atom. The third kappa shape index (κ3) is 2.57. The van der Waals surface area contributed by atoms with E-state index in [1.807, 2.05) is 24.3 Å². The number of H-pyrrole nitrogens is 1. The van der Waals surface area contributed by atoms with E-state index in [0.717, 1.165) is 28.6 Å². The zero-order valence-corrected chi connectivity index (χ0v) is 14.3. The molecule has 8 heteroatoms. The SMILES string of the molecule is O=C(c1cc(F)ccc1-n1cnnn1)N1CCc2[nH]c3ccccc3c2C1. The van der Waals surface area contributed by atoms with E-state index in [1.54, 1.807) is 4.90 Å². The first-order valence-corrected chi connectivity index (χ1v) is 8.61. The Morgan fingerprint density at radius 3 is 2.93 bits per heavy atom. The van der Waals surface area contributed by atoms with Crippen molar-refractivity contribution in [2.75, 3.05) is 6.54 Å². The lowest BCUT2D eigenvalue weighted by atomic mass is 10.0. The van der Waals surface area contributed by atoms with Gasteiger partial charge >= 0.3 is 0 Å². The summed E-state index contributed by atoms with van der Waals surface area (Å²) >= 11 is 0. The molecule has 0 spiro atoms. The van der Waals surface area contributed by atoms with Crippen LogP contribution in [0.4, 0.5) is 4.39 Å². The van der Waals surface area contributed by atoms with Crippen molar-refractivity contribution < 1.29 is 9.18 Å². The summed E-state index contributed by atoms with van der Waals surface area (Å²) in [5.41, 5.74) is 4.03. The Labute approximate surface area is 153 Å². The van der Waals surface area contributed by atoms with Gasteiger partial charge in [-0.25, -0.2) is 4.39 Å². The van der Waals surface area contributed by atoms with Crippen LogP contribution in [0.3, 0.4) is 0 Å². The van der Waals surface area contributed by atoms with Gasteiger partial charge in [-0.15, -0.1) is 5.10 Å². The van der Waals surface area contributed by atoms with Gasteiger partial charge in [-0.05, 0) is 34.7 Å². The molecule has 3 heterocycles. The fraction of sp³-hybridized carbons (Fsp3) is 0.158. The minimum Gasteiger partial charge on any atom is -0.358 e. The minimum absolute atomic E-state index is 0.240. The van der Waals surface area contributed by atoms with Gasteiger partial charge in [0.05, 0.1) is 11.3 Å². The number of aromatic amines is 1. The lowest BCUT2D eigenvalue weighted by Crippen LogP contribution is -2.36. The standard InChI is InChI=1S/C19H15FN6O/c20-12-5-6-18(26-11-21-23-24-26)14(9-12)19(27)25-8-7-17-15(10-25)13-3-1-2-4-16(13)22-17/h1-6,9,11,22H,7-8,10H2. The normalized spacial score (nSPS) is 13.7. The number of tetrazole rings is 1. The Morgan fingerprint density at radius 2 is 2.07 bits per heavy atom. The van der Waals surface area contributed by atoms with E-state index in [1.165, 1.54) is 29.2 Å². The summed E-state index contributed by atoms with van der Waals surface area (Å²) in [4.78, 5) is 18.4. The van der Waals surface area contributed by atoms with Gasteiger partial charge in [0.25, 0.3) is 5.91 Å². The van der Waals surface area contributed by atoms with Gasteiger partial charge in [0.2, 0.25) is 0 Å². The molecule has 5 rings (SSSR count). The highest BCUT2D eigenvalue weighted by atomic mass is 19.1. The third-order valence-electron chi connectivity index (χ3n) is 4.95. The first-order valence-electron chi connectivity index (χ1n) is 8.61. The number of aromatic nitrogens is 5. The molecular weight excluding hydrogens is 347 g/mol. The van der Waals surface area contributed by atoms with Crippen LogP contribution >= 0.6 is 0 Å². The summed E-state index contributed by atoms with van der Waals surface area (Å²) in [5, 5.41) is 12.1. The number of rotatable bonds is 2. The number of benzene rings is 2. The number of amides is 1. The third-order valence-corrected chi connectivity index (χ3v) is 4.95. The first kappa shape index (κ1) is 15.7. The smallest absolute Gasteiger partial charge is 0.256 e. The monoisotopic (exact) mass is 362 g/mol. The maximum atomic E-state index is 13.9. The zero-order valence-electron chi connectivity index (χ0n) is 14.3. The molecule has 0 saturated heterocycles. The van der Waals surface area contributed by atoms with Crippen LogP contribution in [-0.2, 0) is 13.0 Å². The van der Waals surface area contributed by atoms with Crippen molar-refractivity contribution in [3.05, 3.63) is 71.4 Å². The van der Waals surface area contributed by atoms with E-state index in [0.29, 0.717) is 18.8 Å². The van der Waals surface area contributed by atoms with Gasteiger partial charge in [-0.1, -0.05) is 18.2 Å². The molecule has 1 N–H and O–H groups in total. The molecule has 2 aromatic heterocycles. The predicted octanol–water partition coefficient (Wildman–Crippen LogP) is 2.48. The number of nitrogens with zero attached hydrogens (tertiary/aromatic N) is 5. The fourth-order valence-electron chi connectivity index (χ4n) is 3.66. The topological polar surface area (TPSA) is 79.7 Å². The second kappa shape index (κ2) is 6.01. The van der Waals surface area contributed by atoms with Crippen LogP contribution in [0.15, 0.2) is 48.8 Å². The van der Waals surface area contributed by atoms with Crippen LogP contribution in [0.25, 0.3) is 16.6 Å². The van der Waals surface area contributed by atoms with Crippen molar-refractivity contribution in [2.24, 2.45) is 0 Å². The Bertz CT molecular complexity index is 1150. The second-order valence-corrected chi connectivity index (χ2v) is 6.52. The number of para-hydroxylation sites is 1.